The molecule has 4 rings (SSSR count). The van der Waals surface area contributed by atoms with Crippen LogP contribution in [0.3, 0.4) is 0 Å². The number of benzene rings is 3. The Morgan fingerprint density at radius 2 is 1.82 bits per heavy atom. The number of rotatable bonds is 5. The highest BCUT2D eigenvalue weighted by molar-refractivity contribution is 6.51. The zero-order chi connectivity index (χ0) is 23.7. The minimum Gasteiger partial charge on any atom is -0.507 e. The number of ketones is 1. The lowest BCUT2D eigenvalue weighted by Crippen LogP contribution is -2.30. The normalized spacial score (nSPS) is 17.5. The number of amides is 1. The highest BCUT2D eigenvalue weighted by Crippen LogP contribution is 2.43. The average molecular weight is 470 g/mol. The van der Waals surface area contributed by atoms with E-state index in [4.69, 9.17) is 16.3 Å². The van der Waals surface area contributed by atoms with E-state index in [1.807, 2.05) is 0 Å². The molecular formula is C25H18ClF2NO4. The topological polar surface area (TPSA) is 66.8 Å². The second kappa shape index (κ2) is 9.03. The van der Waals surface area contributed by atoms with Gasteiger partial charge in [-0.2, -0.15) is 0 Å². The van der Waals surface area contributed by atoms with E-state index in [2.05, 4.69) is 0 Å². The van der Waals surface area contributed by atoms with Crippen LogP contribution in [0, 0.1) is 11.6 Å². The van der Waals surface area contributed by atoms with Crippen molar-refractivity contribution in [3.63, 3.8) is 0 Å². The summed E-state index contributed by atoms with van der Waals surface area (Å²) < 4.78 is 34.2. The van der Waals surface area contributed by atoms with Gasteiger partial charge in [0.05, 0.1) is 23.2 Å². The van der Waals surface area contributed by atoms with Gasteiger partial charge in [-0.25, -0.2) is 8.78 Å². The van der Waals surface area contributed by atoms with Crippen LogP contribution in [-0.2, 0) is 9.59 Å². The molecule has 1 amide bonds. The van der Waals surface area contributed by atoms with Crippen molar-refractivity contribution in [3.8, 4) is 5.75 Å². The fraction of sp³-hybridized carbons (Fsp3) is 0.120. The molecule has 33 heavy (non-hydrogen) atoms. The molecule has 0 radical (unpaired) electrons. The van der Waals surface area contributed by atoms with Crippen molar-refractivity contribution in [1.29, 1.82) is 0 Å². The SMILES string of the molecule is CCOc1cc(/C(O)=C2\C(=O)C(=O)N(c3cccc(F)c3)C2c2ccccc2F)ccc1Cl. The van der Waals surface area contributed by atoms with Gasteiger partial charge in [0, 0.05) is 16.8 Å². The van der Waals surface area contributed by atoms with E-state index in [-0.39, 0.29) is 28.1 Å². The number of aliphatic hydroxyl groups excluding tert-OH is 1. The average Bonchev–Trinajstić information content (AvgIpc) is 3.05. The highest BCUT2D eigenvalue weighted by Gasteiger charge is 2.47. The molecule has 1 heterocycles. The minimum atomic E-state index is -1.32. The molecule has 1 saturated heterocycles. The van der Waals surface area contributed by atoms with E-state index >= 15 is 0 Å². The third kappa shape index (κ3) is 4.07. The maximum absolute atomic E-state index is 14.9. The summed E-state index contributed by atoms with van der Waals surface area (Å²) in [6.07, 6.45) is 0. The molecule has 3 aromatic carbocycles. The molecule has 5 nitrogen and oxygen atoms in total. The molecule has 1 aliphatic rings. The molecule has 3 aromatic rings. The summed E-state index contributed by atoms with van der Waals surface area (Å²) in [4.78, 5) is 27.1. The quantitative estimate of drug-likeness (QED) is 0.298. The molecule has 0 bridgehead atoms. The number of carbonyl (C=O) groups excluding carboxylic acids is 2. The van der Waals surface area contributed by atoms with Gasteiger partial charge in [0.15, 0.2) is 0 Å². The first-order valence-corrected chi connectivity index (χ1v) is 10.4. The van der Waals surface area contributed by atoms with Crippen LogP contribution in [0.15, 0.2) is 72.3 Å². The van der Waals surface area contributed by atoms with Gasteiger partial charge in [-0.1, -0.05) is 35.9 Å². The molecule has 168 valence electrons. The molecular weight excluding hydrogens is 452 g/mol. The van der Waals surface area contributed by atoms with Crippen molar-refractivity contribution in [2.45, 2.75) is 13.0 Å². The Balaban J connectivity index is 1.96. The van der Waals surface area contributed by atoms with Crippen molar-refractivity contribution in [1.82, 2.24) is 0 Å². The Hall–Kier alpha value is -3.71. The van der Waals surface area contributed by atoms with Crippen LogP contribution in [0.25, 0.3) is 5.76 Å². The van der Waals surface area contributed by atoms with Crippen LogP contribution >= 0.6 is 11.6 Å². The van der Waals surface area contributed by atoms with E-state index in [9.17, 15) is 23.5 Å². The van der Waals surface area contributed by atoms with Crippen molar-refractivity contribution >= 4 is 34.7 Å². The Bertz CT molecular complexity index is 1290. The summed E-state index contributed by atoms with van der Waals surface area (Å²) in [6, 6.07) is 13.7. The number of ether oxygens (including phenoxy) is 1. The summed E-state index contributed by atoms with van der Waals surface area (Å²) >= 11 is 6.12. The lowest BCUT2D eigenvalue weighted by atomic mass is 9.94. The van der Waals surface area contributed by atoms with E-state index in [0.29, 0.717) is 11.6 Å². The monoisotopic (exact) mass is 469 g/mol. The summed E-state index contributed by atoms with van der Waals surface area (Å²) in [7, 11) is 0. The lowest BCUT2D eigenvalue weighted by molar-refractivity contribution is -0.132. The van der Waals surface area contributed by atoms with Crippen molar-refractivity contribution in [2.75, 3.05) is 11.5 Å². The zero-order valence-electron chi connectivity index (χ0n) is 17.4. The predicted octanol–water partition coefficient (Wildman–Crippen LogP) is 5.64. The highest BCUT2D eigenvalue weighted by atomic mass is 35.5. The Labute approximate surface area is 193 Å². The van der Waals surface area contributed by atoms with Gasteiger partial charge in [-0.15, -0.1) is 0 Å². The first-order chi connectivity index (χ1) is 15.8. The number of hydrogen-bond acceptors (Lipinski definition) is 4. The summed E-state index contributed by atoms with van der Waals surface area (Å²) in [5.41, 5.74) is -0.155. The maximum atomic E-state index is 14.9. The fourth-order valence-electron chi connectivity index (χ4n) is 3.79. The van der Waals surface area contributed by atoms with Crippen LogP contribution in [0.2, 0.25) is 5.02 Å². The van der Waals surface area contributed by atoms with Gasteiger partial charge in [0.25, 0.3) is 11.7 Å². The molecule has 1 atom stereocenters. The number of carbonyl (C=O) groups is 2. The largest absolute Gasteiger partial charge is 0.507 e. The third-order valence-corrected chi connectivity index (χ3v) is 5.55. The van der Waals surface area contributed by atoms with Crippen LogP contribution in [-0.4, -0.2) is 23.4 Å². The first kappa shape index (κ1) is 22.5. The molecule has 0 saturated carbocycles. The van der Waals surface area contributed by atoms with Gasteiger partial charge < -0.3 is 9.84 Å². The molecule has 1 unspecified atom stereocenters. The second-order valence-electron chi connectivity index (χ2n) is 7.25. The molecule has 8 heteroatoms. The zero-order valence-corrected chi connectivity index (χ0v) is 18.1. The number of aliphatic hydroxyl groups is 1. The minimum absolute atomic E-state index is 0.0264. The summed E-state index contributed by atoms with van der Waals surface area (Å²) in [5.74, 6) is -3.64. The lowest BCUT2D eigenvalue weighted by Gasteiger charge is -2.25. The predicted molar refractivity (Wildman–Crippen MR) is 120 cm³/mol. The smallest absolute Gasteiger partial charge is 0.300 e. The molecule has 1 aliphatic heterocycles. The van der Waals surface area contributed by atoms with Crippen LogP contribution in [0.5, 0.6) is 5.75 Å². The first-order valence-electron chi connectivity index (χ1n) is 10.1. The Kier molecular flexibility index (Phi) is 6.16. The van der Waals surface area contributed by atoms with Crippen molar-refractivity contribution in [3.05, 3.63) is 100 Å². The number of halogens is 3. The van der Waals surface area contributed by atoms with E-state index in [0.717, 1.165) is 11.0 Å². The second-order valence-corrected chi connectivity index (χ2v) is 7.66. The van der Waals surface area contributed by atoms with Crippen LogP contribution < -0.4 is 9.64 Å². The van der Waals surface area contributed by atoms with Gasteiger partial charge >= 0.3 is 0 Å². The van der Waals surface area contributed by atoms with E-state index in [1.165, 1.54) is 54.6 Å². The maximum Gasteiger partial charge on any atom is 0.300 e. The van der Waals surface area contributed by atoms with Crippen molar-refractivity contribution in [2.24, 2.45) is 0 Å². The Morgan fingerprint density at radius 3 is 2.52 bits per heavy atom. The van der Waals surface area contributed by atoms with Crippen molar-refractivity contribution < 1.29 is 28.2 Å². The summed E-state index contributed by atoms with van der Waals surface area (Å²) in [6.45, 7) is 2.06. The molecule has 0 aromatic heterocycles. The standard InChI is InChI=1S/C25H18ClF2NO4/c1-2-33-20-12-14(10-11-18(20)26)23(30)21-22(17-8-3-4-9-19(17)28)29(25(32)24(21)31)16-7-5-6-15(27)13-16/h3-13,22,30H,2H2,1H3/b23-21+. The van der Waals surface area contributed by atoms with Gasteiger partial charge in [-0.3, -0.25) is 14.5 Å². The van der Waals surface area contributed by atoms with Crippen LogP contribution in [0.1, 0.15) is 24.1 Å². The molecule has 1 N–H and O–H groups in total. The molecule has 1 fully saturated rings. The van der Waals surface area contributed by atoms with E-state index < -0.39 is 35.1 Å². The molecule has 0 spiro atoms. The van der Waals surface area contributed by atoms with E-state index in [1.54, 1.807) is 13.0 Å². The van der Waals surface area contributed by atoms with Gasteiger partial charge in [0.2, 0.25) is 0 Å². The third-order valence-electron chi connectivity index (χ3n) is 5.24. The number of anilines is 1. The number of hydrogen-bond donors (Lipinski definition) is 1. The van der Waals surface area contributed by atoms with Crippen LogP contribution in [0.4, 0.5) is 14.5 Å². The Morgan fingerprint density at radius 1 is 1.06 bits per heavy atom. The number of Topliss-reactive ketones (excluding diaryl/α,β-unsaturated/α-hetero) is 1. The summed E-state index contributed by atoms with van der Waals surface area (Å²) in [5, 5.41) is 11.4. The fourth-order valence-corrected chi connectivity index (χ4v) is 3.96. The van der Waals surface area contributed by atoms with Gasteiger partial charge in [-0.05, 0) is 49.4 Å². The molecule has 0 aliphatic carbocycles. The number of nitrogens with zero attached hydrogens (tertiary/aromatic N) is 1. The van der Waals surface area contributed by atoms with Gasteiger partial charge in [0.1, 0.15) is 23.1 Å².